The van der Waals surface area contributed by atoms with Gasteiger partial charge >= 0.3 is 5.97 Å². The highest BCUT2D eigenvalue weighted by Crippen LogP contribution is 2.56. The molecule has 1 aromatic carbocycles. The first-order valence-corrected chi connectivity index (χ1v) is 5.11. The van der Waals surface area contributed by atoms with Crippen LogP contribution in [0.1, 0.15) is 5.56 Å². The molecule has 90 valence electrons. The minimum Gasteiger partial charge on any atom is -0.377 e. The van der Waals surface area contributed by atoms with Crippen LogP contribution in [-0.2, 0) is 15.3 Å². The molecule has 0 bridgehead atoms. The van der Waals surface area contributed by atoms with Crippen LogP contribution >= 0.6 is 0 Å². The zero-order chi connectivity index (χ0) is 12.6. The van der Waals surface area contributed by atoms with Crippen LogP contribution in [0.2, 0.25) is 0 Å². The van der Waals surface area contributed by atoms with Crippen LogP contribution in [0, 0.1) is 0 Å². The maximum Gasteiger partial charge on any atom is 0.358 e. The van der Waals surface area contributed by atoms with Crippen molar-refractivity contribution >= 4 is 5.97 Å². The van der Waals surface area contributed by atoms with E-state index in [9.17, 15) is 9.18 Å². The number of nitrogens with zero attached hydrogens (tertiary/aromatic N) is 1. The van der Waals surface area contributed by atoms with E-state index in [2.05, 4.69) is 4.84 Å². The minimum atomic E-state index is -1.87. The van der Waals surface area contributed by atoms with Gasteiger partial charge in [-0.3, -0.25) is 0 Å². The van der Waals surface area contributed by atoms with Crippen LogP contribution in [0.15, 0.2) is 41.6 Å². The van der Waals surface area contributed by atoms with Crippen molar-refractivity contribution in [3.63, 3.8) is 0 Å². The molecular weight excluding hydrogens is 223 g/mol. The number of likely N-dealkylation sites (N-methyl/N-ethyl adjacent to an activating group) is 1. The second kappa shape index (κ2) is 3.85. The standard InChI is InChI=1S/C12H13FN2O2/c1-15(2)10-9(11(16)17-14)12(10,13)8-6-4-3-5-7-8/h3-7H,14H2,1-2H3. The number of hydrogen-bond acceptors (Lipinski definition) is 4. The Kier molecular flexibility index (Phi) is 2.63. The largest absolute Gasteiger partial charge is 0.377 e. The van der Waals surface area contributed by atoms with Crippen LogP contribution in [-0.4, -0.2) is 25.0 Å². The Morgan fingerprint density at radius 1 is 1.35 bits per heavy atom. The van der Waals surface area contributed by atoms with E-state index in [-0.39, 0.29) is 5.57 Å². The van der Waals surface area contributed by atoms with Gasteiger partial charge in [0.05, 0.1) is 5.70 Å². The third-order valence-corrected chi connectivity index (χ3v) is 2.78. The van der Waals surface area contributed by atoms with Gasteiger partial charge in [-0.05, 0) is 5.56 Å². The number of allylic oxidation sites excluding steroid dienone is 1. The van der Waals surface area contributed by atoms with Crippen molar-refractivity contribution in [3.05, 3.63) is 47.2 Å². The molecule has 0 amide bonds. The number of alkyl halides is 1. The van der Waals surface area contributed by atoms with Crippen molar-refractivity contribution in [2.75, 3.05) is 14.1 Å². The van der Waals surface area contributed by atoms with E-state index in [1.165, 1.54) is 0 Å². The Labute approximate surface area is 98.4 Å². The molecule has 0 spiro atoms. The predicted octanol–water partition coefficient (Wildman–Crippen LogP) is 1.10. The fraction of sp³-hybridized carbons (Fsp3) is 0.250. The molecule has 2 rings (SSSR count). The van der Waals surface area contributed by atoms with Gasteiger partial charge < -0.3 is 9.74 Å². The molecule has 0 aromatic heterocycles. The normalized spacial score (nSPS) is 22.4. The quantitative estimate of drug-likeness (QED) is 0.798. The number of hydrogen-bond donors (Lipinski definition) is 1. The maximum absolute atomic E-state index is 14.8. The van der Waals surface area contributed by atoms with E-state index in [1.807, 2.05) is 0 Å². The molecule has 1 aliphatic carbocycles. The molecule has 1 atom stereocenters. The summed E-state index contributed by atoms with van der Waals surface area (Å²) in [5, 5.41) is 0. The van der Waals surface area contributed by atoms with Gasteiger partial charge in [-0.2, -0.15) is 5.90 Å². The zero-order valence-corrected chi connectivity index (χ0v) is 9.61. The molecule has 0 saturated carbocycles. The Hall–Kier alpha value is -1.88. The average Bonchev–Trinajstić information content (AvgIpc) is 2.98. The third-order valence-electron chi connectivity index (χ3n) is 2.78. The molecule has 1 aliphatic rings. The number of carbonyl (C=O) groups excluding carboxylic acids is 1. The SMILES string of the molecule is CN(C)C1=C(C(=O)ON)C1(F)c1ccccc1. The van der Waals surface area contributed by atoms with Gasteiger partial charge in [0, 0.05) is 14.1 Å². The van der Waals surface area contributed by atoms with E-state index in [0.717, 1.165) is 0 Å². The zero-order valence-electron chi connectivity index (χ0n) is 9.61. The van der Waals surface area contributed by atoms with Gasteiger partial charge in [-0.1, -0.05) is 30.3 Å². The van der Waals surface area contributed by atoms with Crippen LogP contribution in [0.5, 0.6) is 0 Å². The van der Waals surface area contributed by atoms with Gasteiger partial charge in [-0.15, -0.1) is 0 Å². The second-order valence-electron chi connectivity index (χ2n) is 4.05. The smallest absolute Gasteiger partial charge is 0.358 e. The molecule has 1 aromatic rings. The predicted molar refractivity (Wildman–Crippen MR) is 60.2 cm³/mol. The van der Waals surface area contributed by atoms with E-state index >= 15 is 0 Å². The molecule has 2 N–H and O–H groups in total. The van der Waals surface area contributed by atoms with Crippen LogP contribution in [0.3, 0.4) is 0 Å². The highest BCUT2D eigenvalue weighted by atomic mass is 19.1. The van der Waals surface area contributed by atoms with Crippen LogP contribution < -0.4 is 5.90 Å². The number of halogens is 1. The summed E-state index contributed by atoms with van der Waals surface area (Å²) < 4.78 is 14.8. The Bertz CT molecular complexity index is 485. The van der Waals surface area contributed by atoms with Gasteiger partial charge in [0.25, 0.3) is 0 Å². The molecule has 0 aliphatic heterocycles. The molecule has 0 heterocycles. The van der Waals surface area contributed by atoms with Crippen molar-refractivity contribution in [2.24, 2.45) is 5.90 Å². The maximum atomic E-state index is 14.8. The van der Waals surface area contributed by atoms with Gasteiger partial charge in [0.2, 0.25) is 5.67 Å². The van der Waals surface area contributed by atoms with E-state index in [4.69, 9.17) is 5.90 Å². The van der Waals surface area contributed by atoms with Crippen molar-refractivity contribution in [1.29, 1.82) is 0 Å². The van der Waals surface area contributed by atoms with Crippen molar-refractivity contribution in [1.82, 2.24) is 4.90 Å². The van der Waals surface area contributed by atoms with E-state index < -0.39 is 11.6 Å². The fourth-order valence-electron chi connectivity index (χ4n) is 2.02. The molecule has 4 nitrogen and oxygen atoms in total. The first-order chi connectivity index (χ1) is 8.03. The Balaban J connectivity index is 2.40. The van der Waals surface area contributed by atoms with E-state index in [1.54, 1.807) is 49.3 Å². The lowest BCUT2D eigenvalue weighted by atomic mass is 10.0. The molecule has 17 heavy (non-hydrogen) atoms. The number of nitrogens with two attached hydrogens (primary N) is 1. The highest BCUT2D eigenvalue weighted by molar-refractivity contribution is 5.99. The van der Waals surface area contributed by atoms with Crippen LogP contribution in [0.25, 0.3) is 0 Å². The summed E-state index contributed by atoms with van der Waals surface area (Å²) in [6, 6.07) is 8.47. The number of carbonyl (C=O) groups is 1. The molecule has 0 radical (unpaired) electrons. The lowest BCUT2D eigenvalue weighted by Crippen LogP contribution is -2.17. The monoisotopic (exact) mass is 236 g/mol. The van der Waals surface area contributed by atoms with Gasteiger partial charge in [0.15, 0.2) is 0 Å². The lowest BCUT2D eigenvalue weighted by molar-refractivity contribution is -0.139. The first-order valence-electron chi connectivity index (χ1n) is 5.11. The molecule has 5 heteroatoms. The minimum absolute atomic E-state index is 0.0313. The summed E-state index contributed by atoms with van der Waals surface area (Å²) in [5.74, 6) is 3.97. The topological polar surface area (TPSA) is 55.6 Å². The molecule has 1 unspecified atom stereocenters. The highest BCUT2D eigenvalue weighted by Gasteiger charge is 2.61. The summed E-state index contributed by atoms with van der Waals surface area (Å²) in [6.45, 7) is 0. The summed E-state index contributed by atoms with van der Waals surface area (Å²) >= 11 is 0. The molecule has 0 fully saturated rings. The molecule has 0 saturated heterocycles. The van der Waals surface area contributed by atoms with Crippen LogP contribution in [0.4, 0.5) is 4.39 Å². The van der Waals surface area contributed by atoms with Gasteiger partial charge in [-0.25, -0.2) is 9.18 Å². The van der Waals surface area contributed by atoms with Crippen molar-refractivity contribution < 1.29 is 14.0 Å². The second-order valence-corrected chi connectivity index (χ2v) is 4.05. The van der Waals surface area contributed by atoms with Crippen molar-refractivity contribution in [3.8, 4) is 0 Å². The summed E-state index contributed by atoms with van der Waals surface area (Å²) in [5.41, 5.74) is -1.21. The number of benzene rings is 1. The molecular formula is C12H13FN2O2. The Morgan fingerprint density at radius 3 is 2.41 bits per heavy atom. The van der Waals surface area contributed by atoms with Crippen molar-refractivity contribution in [2.45, 2.75) is 5.67 Å². The van der Waals surface area contributed by atoms with E-state index in [0.29, 0.717) is 11.3 Å². The summed E-state index contributed by atoms with van der Waals surface area (Å²) in [6.07, 6.45) is 0. The summed E-state index contributed by atoms with van der Waals surface area (Å²) in [4.78, 5) is 17.1. The average molecular weight is 236 g/mol. The first kappa shape index (κ1) is 11.6. The lowest BCUT2D eigenvalue weighted by Gasteiger charge is -2.14. The third kappa shape index (κ3) is 1.59. The summed E-state index contributed by atoms with van der Waals surface area (Å²) in [7, 11) is 3.34. The Morgan fingerprint density at radius 2 is 1.94 bits per heavy atom. The number of rotatable bonds is 3. The fourth-order valence-corrected chi connectivity index (χ4v) is 2.02. The van der Waals surface area contributed by atoms with Gasteiger partial charge in [0.1, 0.15) is 5.57 Å².